The fourth-order valence-electron chi connectivity index (χ4n) is 3.77. The molecule has 1 aromatic rings. The van der Waals surface area contributed by atoms with E-state index in [0.717, 1.165) is 57.3 Å². The van der Waals surface area contributed by atoms with Gasteiger partial charge >= 0.3 is 6.09 Å². The normalized spacial score (nSPS) is 21.2. The van der Waals surface area contributed by atoms with Crippen LogP contribution in [0, 0.1) is 0 Å². The van der Waals surface area contributed by atoms with Crippen molar-refractivity contribution in [2.24, 2.45) is 4.99 Å². The molecule has 0 aliphatic carbocycles. The Morgan fingerprint density at radius 2 is 2.07 bits per heavy atom. The van der Waals surface area contributed by atoms with Gasteiger partial charge in [-0.05, 0) is 52.2 Å². The lowest BCUT2D eigenvalue weighted by Gasteiger charge is -2.26. The van der Waals surface area contributed by atoms with Gasteiger partial charge in [0.25, 0.3) is 0 Å². The van der Waals surface area contributed by atoms with Crippen LogP contribution in [0.2, 0.25) is 0 Å². The van der Waals surface area contributed by atoms with Gasteiger partial charge in [0.2, 0.25) is 0 Å². The number of guanidine groups is 1. The van der Waals surface area contributed by atoms with Gasteiger partial charge in [-0.1, -0.05) is 18.2 Å². The van der Waals surface area contributed by atoms with Crippen LogP contribution in [0.25, 0.3) is 0 Å². The minimum atomic E-state index is -0.487. The highest BCUT2D eigenvalue weighted by Crippen LogP contribution is 2.33. The molecular weight excluding hydrogens is 495 g/mol. The number of hydrogen-bond donors (Lipinski definition) is 2. The average Bonchev–Trinajstić information content (AvgIpc) is 3.11. The molecule has 0 bridgehead atoms. The number of rotatable bonds is 4. The highest BCUT2D eigenvalue weighted by atomic mass is 127. The molecule has 7 nitrogen and oxygen atoms in total. The fraction of sp³-hybridized carbons (Fsp3) is 0.636. The second-order valence-electron chi connectivity index (χ2n) is 8.64. The quantitative estimate of drug-likeness (QED) is 0.353. The van der Waals surface area contributed by atoms with Gasteiger partial charge in [0.1, 0.15) is 11.4 Å². The van der Waals surface area contributed by atoms with Crippen molar-refractivity contribution in [3.05, 3.63) is 29.8 Å². The van der Waals surface area contributed by atoms with Crippen LogP contribution >= 0.6 is 24.0 Å². The smallest absolute Gasteiger partial charge is 0.407 e. The second kappa shape index (κ2) is 11.1. The molecule has 0 aromatic heterocycles. The van der Waals surface area contributed by atoms with Crippen molar-refractivity contribution >= 4 is 36.0 Å². The summed E-state index contributed by atoms with van der Waals surface area (Å²) in [5.41, 5.74) is 0.753. The number of hydrogen-bond acceptors (Lipinski definition) is 4. The monoisotopic (exact) mass is 530 g/mol. The second-order valence-corrected chi connectivity index (χ2v) is 8.64. The number of benzene rings is 1. The number of carbonyl (C=O) groups excluding carboxylic acids is 1. The molecule has 2 aliphatic rings. The van der Waals surface area contributed by atoms with Crippen LogP contribution in [0.5, 0.6) is 5.75 Å². The molecule has 2 atom stereocenters. The third-order valence-electron chi connectivity index (χ3n) is 5.09. The SMILES string of the molecule is CCNC(=NCC1CCOc2ccccc21)N1CCC(NC(=O)OC(C)(C)C)C1.I. The molecule has 2 N–H and O–H groups in total. The van der Waals surface area contributed by atoms with Crippen LogP contribution in [-0.4, -0.2) is 61.4 Å². The van der Waals surface area contributed by atoms with E-state index in [2.05, 4.69) is 34.6 Å². The summed E-state index contributed by atoms with van der Waals surface area (Å²) in [4.78, 5) is 19.2. The minimum absolute atomic E-state index is 0. The fourth-order valence-corrected chi connectivity index (χ4v) is 3.77. The summed E-state index contributed by atoms with van der Waals surface area (Å²) < 4.78 is 11.1. The maximum absolute atomic E-state index is 12.1. The van der Waals surface area contributed by atoms with Gasteiger partial charge in [0, 0.05) is 32.1 Å². The van der Waals surface area contributed by atoms with Gasteiger partial charge in [0.15, 0.2) is 5.96 Å². The Labute approximate surface area is 197 Å². The van der Waals surface area contributed by atoms with E-state index in [0.29, 0.717) is 5.92 Å². The Morgan fingerprint density at radius 3 is 2.80 bits per heavy atom. The van der Waals surface area contributed by atoms with Crippen LogP contribution in [0.1, 0.15) is 52.0 Å². The molecular formula is C22H35IN4O3. The number of para-hydroxylation sites is 1. The van der Waals surface area contributed by atoms with Gasteiger partial charge in [-0.2, -0.15) is 0 Å². The third kappa shape index (κ3) is 6.92. The van der Waals surface area contributed by atoms with E-state index in [-0.39, 0.29) is 36.1 Å². The first-order valence-electron chi connectivity index (χ1n) is 10.6. The Hall–Kier alpha value is -1.71. The number of aliphatic imine (C=N–C) groups is 1. The van der Waals surface area contributed by atoms with E-state index in [1.807, 2.05) is 32.9 Å². The van der Waals surface area contributed by atoms with Crippen LogP contribution in [0.3, 0.4) is 0 Å². The Bertz CT molecular complexity index is 735. The molecule has 168 valence electrons. The molecule has 3 rings (SSSR count). The Kier molecular flexibility index (Phi) is 9.06. The minimum Gasteiger partial charge on any atom is -0.493 e. The largest absolute Gasteiger partial charge is 0.493 e. The summed E-state index contributed by atoms with van der Waals surface area (Å²) in [6.45, 7) is 11.6. The van der Waals surface area contributed by atoms with Gasteiger partial charge in [-0.15, -0.1) is 24.0 Å². The number of carbonyl (C=O) groups is 1. The van der Waals surface area contributed by atoms with Crippen LogP contribution < -0.4 is 15.4 Å². The molecule has 2 unspecified atom stereocenters. The lowest BCUT2D eigenvalue weighted by atomic mass is 9.93. The number of fused-ring (bicyclic) bond motifs is 1. The number of ether oxygens (including phenoxy) is 2. The maximum Gasteiger partial charge on any atom is 0.407 e. The predicted molar refractivity (Wildman–Crippen MR) is 130 cm³/mol. The number of amides is 1. The van der Waals surface area contributed by atoms with Crippen molar-refractivity contribution in [1.82, 2.24) is 15.5 Å². The molecule has 2 heterocycles. The first-order chi connectivity index (χ1) is 13.9. The Morgan fingerprint density at radius 1 is 1.30 bits per heavy atom. The van der Waals surface area contributed by atoms with E-state index in [9.17, 15) is 4.79 Å². The molecule has 0 spiro atoms. The van der Waals surface area contributed by atoms with Crippen molar-refractivity contribution in [2.45, 2.75) is 58.1 Å². The van der Waals surface area contributed by atoms with Crippen LogP contribution in [0.15, 0.2) is 29.3 Å². The lowest BCUT2D eigenvalue weighted by Crippen LogP contribution is -2.44. The summed E-state index contributed by atoms with van der Waals surface area (Å²) in [7, 11) is 0. The highest BCUT2D eigenvalue weighted by Gasteiger charge is 2.28. The van der Waals surface area contributed by atoms with E-state index in [4.69, 9.17) is 14.5 Å². The summed E-state index contributed by atoms with van der Waals surface area (Å²) in [6, 6.07) is 8.30. The molecule has 1 amide bonds. The zero-order chi connectivity index (χ0) is 20.9. The first kappa shape index (κ1) is 24.6. The van der Waals surface area contributed by atoms with Crippen LogP contribution in [-0.2, 0) is 4.74 Å². The highest BCUT2D eigenvalue weighted by molar-refractivity contribution is 14.0. The van der Waals surface area contributed by atoms with Gasteiger partial charge in [-0.25, -0.2) is 4.79 Å². The zero-order valence-corrected chi connectivity index (χ0v) is 20.8. The van der Waals surface area contributed by atoms with E-state index in [1.165, 1.54) is 5.56 Å². The third-order valence-corrected chi connectivity index (χ3v) is 5.09. The molecule has 0 radical (unpaired) electrons. The number of nitrogens with zero attached hydrogens (tertiary/aromatic N) is 2. The van der Waals surface area contributed by atoms with Crippen molar-refractivity contribution in [3.8, 4) is 5.75 Å². The molecule has 8 heteroatoms. The van der Waals surface area contributed by atoms with Crippen molar-refractivity contribution < 1.29 is 14.3 Å². The number of nitrogens with one attached hydrogen (secondary N) is 2. The van der Waals surface area contributed by atoms with E-state index >= 15 is 0 Å². The summed E-state index contributed by atoms with van der Waals surface area (Å²) in [6.07, 6.45) is 1.50. The summed E-state index contributed by atoms with van der Waals surface area (Å²) in [5, 5.41) is 6.38. The number of likely N-dealkylation sites (tertiary alicyclic amines) is 1. The average molecular weight is 530 g/mol. The number of halogens is 1. The van der Waals surface area contributed by atoms with E-state index < -0.39 is 5.60 Å². The van der Waals surface area contributed by atoms with Crippen LogP contribution in [0.4, 0.5) is 4.79 Å². The molecule has 2 aliphatic heterocycles. The summed E-state index contributed by atoms with van der Waals surface area (Å²) >= 11 is 0. The standard InChI is InChI=1S/C22H34N4O3.HI/c1-5-23-20(24-14-16-11-13-28-19-9-7-6-8-18(16)19)26-12-10-17(15-26)25-21(27)29-22(2,3)4;/h6-9,16-17H,5,10-15H2,1-4H3,(H,23,24)(H,25,27);1H. The van der Waals surface area contributed by atoms with Gasteiger partial charge in [0.05, 0.1) is 12.6 Å². The topological polar surface area (TPSA) is 75.2 Å². The van der Waals surface area contributed by atoms with Crippen molar-refractivity contribution in [3.63, 3.8) is 0 Å². The van der Waals surface area contributed by atoms with Gasteiger partial charge < -0.3 is 25.0 Å². The van der Waals surface area contributed by atoms with Crippen molar-refractivity contribution in [1.29, 1.82) is 0 Å². The predicted octanol–water partition coefficient (Wildman–Crippen LogP) is 3.74. The zero-order valence-electron chi connectivity index (χ0n) is 18.4. The molecule has 0 saturated carbocycles. The number of alkyl carbamates (subject to hydrolysis) is 1. The van der Waals surface area contributed by atoms with Gasteiger partial charge in [-0.3, -0.25) is 4.99 Å². The maximum atomic E-state index is 12.1. The van der Waals surface area contributed by atoms with E-state index in [1.54, 1.807) is 0 Å². The summed E-state index contributed by atoms with van der Waals surface area (Å²) in [5.74, 6) is 2.25. The molecule has 1 fully saturated rings. The molecule has 30 heavy (non-hydrogen) atoms. The molecule has 1 saturated heterocycles. The Balaban J connectivity index is 0.00000320. The van der Waals surface area contributed by atoms with Crippen molar-refractivity contribution in [2.75, 3.05) is 32.8 Å². The first-order valence-corrected chi connectivity index (χ1v) is 10.6. The molecule has 1 aromatic carbocycles. The lowest BCUT2D eigenvalue weighted by molar-refractivity contribution is 0.0507.